The maximum Gasteiger partial charge on any atom is 0.238 e. The Morgan fingerprint density at radius 2 is 2.60 bits per heavy atom. The Hall–Kier alpha value is -0.400. The van der Waals surface area contributed by atoms with E-state index in [-0.39, 0.29) is 11.8 Å². The number of carbonyl (C=O) groups is 1. The smallest absolute Gasteiger partial charge is 0.238 e. The average Bonchev–Trinajstić information content (AvgIpc) is 2.62. The summed E-state index contributed by atoms with van der Waals surface area (Å²) >= 11 is 0. The van der Waals surface area contributed by atoms with Crippen LogP contribution in [0.1, 0.15) is 6.42 Å². The summed E-state index contributed by atoms with van der Waals surface area (Å²) in [6, 6.07) is 0. The zero-order valence-corrected chi connectivity index (χ0v) is 6.79. The Morgan fingerprint density at radius 1 is 2.00 bits per heavy atom. The lowest BCUT2D eigenvalue weighted by Gasteiger charge is -2.08. The first-order valence-corrected chi connectivity index (χ1v) is 3.65. The van der Waals surface area contributed by atoms with Crippen molar-refractivity contribution in [2.24, 2.45) is 11.7 Å². The second kappa shape index (κ2) is 2.33. The molecule has 1 rings (SSSR count). The molecule has 10 heavy (non-hydrogen) atoms. The van der Waals surface area contributed by atoms with Crippen LogP contribution >= 0.6 is 9.39 Å². The molecule has 4 heteroatoms. The Morgan fingerprint density at radius 3 is 2.70 bits per heavy atom. The van der Waals surface area contributed by atoms with Gasteiger partial charge in [-0.25, -0.2) is 0 Å². The number of hydrogen-bond acceptors (Lipinski definition) is 2. The normalized spacial score (nSPS) is 37.1. The highest BCUT2D eigenvalue weighted by Crippen LogP contribution is 2.44. The van der Waals surface area contributed by atoms with Crippen molar-refractivity contribution >= 4 is 15.3 Å². The van der Waals surface area contributed by atoms with Crippen LogP contribution in [0.5, 0.6) is 0 Å². The molecule has 0 spiro atoms. The van der Waals surface area contributed by atoms with Crippen LogP contribution in [0.4, 0.5) is 0 Å². The van der Waals surface area contributed by atoms with Crippen molar-refractivity contribution in [2.75, 3.05) is 0 Å². The third-order valence-electron chi connectivity index (χ3n) is 2.00. The fraction of sp³-hybridized carbons (Fsp3) is 0.500. The molecular weight excluding hydrogens is 147 g/mol. The second-order valence-corrected chi connectivity index (χ2v) is 2.81. The third-order valence-corrected chi connectivity index (χ3v) is 2.51. The Bertz CT molecular complexity index is 183. The predicted octanol–water partition coefficient (Wildman–Crippen LogP) is -0.204. The lowest BCUT2D eigenvalue weighted by molar-refractivity contribution is -0.120. The van der Waals surface area contributed by atoms with Crippen LogP contribution in [0, 0.1) is 5.92 Å². The first-order chi connectivity index (χ1) is 4.67. The molecule has 0 heterocycles. The summed E-state index contributed by atoms with van der Waals surface area (Å²) in [5.74, 6) is -0.0881. The van der Waals surface area contributed by atoms with Crippen molar-refractivity contribution in [1.82, 2.24) is 5.09 Å². The number of nitrogens with two attached hydrogens (primary N) is 1. The van der Waals surface area contributed by atoms with E-state index in [0.29, 0.717) is 0 Å². The number of amides is 1. The van der Waals surface area contributed by atoms with Gasteiger partial charge in [-0.1, -0.05) is 15.5 Å². The summed E-state index contributed by atoms with van der Waals surface area (Å²) in [6.07, 6.45) is 2.52. The minimum Gasteiger partial charge on any atom is -0.368 e. The summed E-state index contributed by atoms with van der Waals surface area (Å²) in [4.78, 5) is 10.8. The number of hydrogen-bond donors (Lipinski definition) is 2. The second-order valence-electron chi connectivity index (χ2n) is 2.53. The van der Waals surface area contributed by atoms with Gasteiger partial charge in [0.1, 0.15) is 5.54 Å². The van der Waals surface area contributed by atoms with E-state index in [0.717, 1.165) is 6.42 Å². The van der Waals surface area contributed by atoms with Crippen LogP contribution in [0.15, 0.2) is 12.7 Å². The number of nitrogens with one attached hydrogen (secondary N) is 1. The minimum absolute atomic E-state index is 0.211. The zero-order chi connectivity index (χ0) is 7.78. The maximum absolute atomic E-state index is 10.8. The molecule has 1 amide bonds. The fourth-order valence-electron chi connectivity index (χ4n) is 1.09. The van der Waals surface area contributed by atoms with Crippen molar-refractivity contribution in [2.45, 2.75) is 12.0 Å². The standard InChI is InChI=1S/C6H11N2OP/c1-2-4-3-6(4,8-10)5(7)9/h2,4,8H,1,3,10H2,(H2,7,9). The van der Waals surface area contributed by atoms with Gasteiger partial charge < -0.3 is 5.73 Å². The van der Waals surface area contributed by atoms with Crippen LogP contribution < -0.4 is 10.8 Å². The summed E-state index contributed by atoms with van der Waals surface area (Å²) in [7, 11) is 2.31. The van der Waals surface area contributed by atoms with Gasteiger partial charge in [0.2, 0.25) is 5.91 Å². The van der Waals surface area contributed by atoms with Gasteiger partial charge in [0.05, 0.1) is 0 Å². The van der Waals surface area contributed by atoms with Gasteiger partial charge in [0.25, 0.3) is 0 Å². The monoisotopic (exact) mass is 158 g/mol. The summed E-state index contributed by atoms with van der Waals surface area (Å²) < 4.78 is 0. The molecule has 0 saturated heterocycles. The van der Waals surface area contributed by atoms with Gasteiger partial charge in [0.15, 0.2) is 0 Å². The van der Waals surface area contributed by atoms with Crippen LogP contribution in [0.2, 0.25) is 0 Å². The van der Waals surface area contributed by atoms with E-state index in [9.17, 15) is 4.79 Å². The molecule has 3 nitrogen and oxygen atoms in total. The van der Waals surface area contributed by atoms with Crippen molar-refractivity contribution in [3.8, 4) is 0 Å². The largest absolute Gasteiger partial charge is 0.368 e. The van der Waals surface area contributed by atoms with Crippen LogP contribution in [-0.4, -0.2) is 11.4 Å². The zero-order valence-electron chi connectivity index (χ0n) is 5.63. The molecule has 0 bridgehead atoms. The lowest BCUT2D eigenvalue weighted by Crippen LogP contribution is -2.40. The van der Waals surface area contributed by atoms with Gasteiger partial charge in [0, 0.05) is 5.92 Å². The molecule has 3 atom stereocenters. The van der Waals surface area contributed by atoms with Crippen LogP contribution in [0.3, 0.4) is 0 Å². The average molecular weight is 158 g/mol. The van der Waals surface area contributed by atoms with Gasteiger partial charge in [-0.05, 0) is 6.42 Å². The Kier molecular flexibility index (Phi) is 1.80. The van der Waals surface area contributed by atoms with Crippen molar-refractivity contribution in [3.05, 3.63) is 12.7 Å². The molecule has 0 aromatic carbocycles. The topological polar surface area (TPSA) is 55.1 Å². The maximum atomic E-state index is 10.8. The molecule has 56 valence electrons. The summed E-state index contributed by atoms with van der Waals surface area (Å²) in [5, 5.41) is 2.82. The third kappa shape index (κ3) is 0.862. The number of carbonyl (C=O) groups excluding carboxylic acids is 1. The van der Waals surface area contributed by atoms with E-state index in [1.165, 1.54) is 0 Å². The fourth-order valence-corrected chi connectivity index (χ4v) is 1.57. The first-order valence-electron chi connectivity index (χ1n) is 3.07. The molecular formula is C6H11N2OP. The van der Waals surface area contributed by atoms with E-state index in [1.54, 1.807) is 6.08 Å². The number of rotatable bonds is 3. The molecule has 0 aromatic rings. The summed E-state index contributed by atoms with van der Waals surface area (Å²) in [6.45, 7) is 3.59. The number of primary amides is 1. The molecule has 1 fully saturated rings. The van der Waals surface area contributed by atoms with Gasteiger partial charge in [-0.2, -0.15) is 0 Å². The predicted molar refractivity (Wildman–Crippen MR) is 43.1 cm³/mol. The van der Waals surface area contributed by atoms with Gasteiger partial charge >= 0.3 is 0 Å². The van der Waals surface area contributed by atoms with E-state index in [2.05, 4.69) is 21.1 Å². The quantitative estimate of drug-likeness (QED) is 0.441. The first kappa shape index (κ1) is 7.70. The molecule has 0 aliphatic heterocycles. The van der Waals surface area contributed by atoms with Crippen molar-refractivity contribution in [3.63, 3.8) is 0 Å². The molecule has 0 aromatic heterocycles. The Labute approximate surface area is 62.3 Å². The van der Waals surface area contributed by atoms with Gasteiger partial charge in [-0.3, -0.25) is 9.88 Å². The van der Waals surface area contributed by atoms with Crippen LogP contribution in [-0.2, 0) is 4.79 Å². The highest BCUT2D eigenvalue weighted by atomic mass is 31.0. The van der Waals surface area contributed by atoms with E-state index >= 15 is 0 Å². The molecule has 3 N–H and O–H groups in total. The SMILES string of the molecule is C=CC1CC1(NP)C(N)=O. The highest BCUT2D eigenvalue weighted by molar-refractivity contribution is 7.14. The van der Waals surface area contributed by atoms with E-state index in [1.807, 2.05) is 0 Å². The van der Waals surface area contributed by atoms with Crippen molar-refractivity contribution in [1.29, 1.82) is 0 Å². The molecule has 1 aliphatic rings. The molecule has 0 radical (unpaired) electrons. The summed E-state index contributed by atoms with van der Waals surface area (Å²) in [5.41, 5.74) is 4.64. The van der Waals surface area contributed by atoms with Crippen LogP contribution in [0.25, 0.3) is 0 Å². The highest BCUT2D eigenvalue weighted by Gasteiger charge is 2.56. The van der Waals surface area contributed by atoms with E-state index in [4.69, 9.17) is 5.73 Å². The van der Waals surface area contributed by atoms with Crippen molar-refractivity contribution < 1.29 is 4.79 Å². The van der Waals surface area contributed by atoms with Gasteiger partial charge in [-0.15, -0.1) is 6.58 Å². The lowest BCUT2D eigenvalue weighted by atomic mass is 10.2. The molecule has 1 aliphatic carbocycles. The van der Waals surface area contributed by atoms with E-state index < -0.39 is 5.54 Å². The molecule has 3 unspecified atom stereocenters. The molecule has 1 saturated carbocycles. The Balaban J connectivity index is 2.67. The minimum atomic E-state index is -0.508.